The molecule has 0 heterocycles. The molecule has 10 heteroatoms. The molecule has 2 aliphatic rings. The summed E-state index contributed by atoms with van der Waals surface area (Å²) >= 11 is 0. The van der Waals surface area contributed by atoms with Crippen molar-refractivity contribution in [3.05, 3.63) is 0 Å². The van der Waals surface area contributed by atoms with E-state index in [1.807, 2.05) is 0 Å². The first-order valence-electron chi connectivity index (χ1n) is 21.8. The van der Waals surface area contributed by atoms with Crippen molar-refractivity contribution < 1.29 is 43.2 Å². The molecule has 1 N–H and O–H groups in total. The smallest absolute Gasteiger partial charge is 0.309 e. The fourth-order valence-corrected chi connectivity index (χ4v) is 7.91. The molecule has 0 aromatic carbocycles. The minimum atomic E-state index is -0.254. The number of hydrogen-bond donors (Lipinski definition) is 1. The third-order valence-corrected chi connectivity index (χ3v) is 11.3. The van der Waals surface area contributed by atoms with E-state index in [1.54, 1.807) is 0 Å². The number of aliphatic hydroxyl groups excluding tert-OH is 1. The summed E-state index contributed by atoms with van der Waals surface area (Å²) in [5, 5.41) is 9.33. The molecule has 0 aliphatic heterocycles. The van der Waals surface area contributed by atoms with Gasteiger partial charge in [-0.2, -0.15) is 0 Å². The van der Waals surface area contributed by atoms with Gasteiger partial charge in [0.15, 0.2) is 0 Å². The predicted octanol–water partition coefficient (Wildman–Crippen LogP) is 8.74. The molecule has 0 saturated heterocycles. The van der Waals surface area contributed by atoms with Crippen molar-refractivity contribution in [3.8, 4) is 0 Å². The molecule has 0 unspecified atom stereocenters. The van der Waals surface area contributed by atoms with Crippen molar-refractivity contribution in [2.45, 2.75) is 174 Å². The first-order valence-corrected chi connectivity index (χ1v) is 21.8. The zero-order chi connectivity index (χ0) is 38.4. The van der Waals surface area contributed by atoms with Crippen LogP contribution in [0.1, 0.15) is 174 Å². The Hall–Kier alpha value is -2.20. The molecule has 0 atom stereocenters. The Morgan fingerprint density at radius 1 is 0.491 bits per heavy atom. The number of hydrogen-bond acceptors (Lipinski definition) is 10. The molecule has 308 valence electrons. The molecule has 0 bridgehead atoms. The first-order chi connectivity index (χ1) is 25.9. The molecule has 0 aromatic rings. The van der Waals surface area contributed by atoms with Crippen LogP contribution >= 0.6 is 0 Å². The van der Waals surface area contributed by atoms with Crippen molar-refractivity contribution in [3.63, 3.8) is 0 Å². The number of ether oxygens (including phenoxy) is 4. The van der Waals surface area contributed by atoms with Gasteiger partial charge in [-0.25, -0.2) is 0 Å². The third-order valence-electron chi connectivity index (χ3n) is 11.3. The Labute approximate surface area is 322 Å². The monoisotopic (exact) mass is 752 g/mol. The number of esters is 4. The lowest BCUT2D eigenvalue weighted by molar-refractivity contribution is -0.156. The molecular formula is C43H77NO9. The molecule has 2 saturated carbocycles. The summed E-state index contributed by atoms with van der Waals surface area (Å²) in [6, 6.07) is 0. The van der Waals surface area contributed by atoms with Gasteiger partial charge in [0, 0.05) is 26.0 Å². The quantitative estimate of drug-likeness (QED) is 0.0417. The van der Waals surface area contributed by atoms with Gasteiger partial charge >= 0.3 is 23.9 Å². The summed E-state index contributed by atoms with van der Waals surface area (Å²) in [5.74, 6) is 0.682. The molecular weight excluding hydrogens is 674 g/mol. The van der Waals surface area contributed by atoms with Gasteiger partial charge in [-0.05, 0) is 108 Å². The molecule has 2 rings (SSSR count). The average molecular weight is 752 g/mol. The molecule has 10 nitrogen and oxygen atoms in total. The van der Waals surface area contributed by atoms with Gasteiger partial charge in [0.2, 0.25) is 0 Å². The summed E-state index contributed by atoms with van der Waals surface area (Å²) < 4.78 is 21.4. The number of rotatable bonds is 31. The zero-order valence-corrected chi connectivity index (χ0v) is 33.8. The average Bonchev–Trinajstić information content (AvgIpc) is 3.17. The summed E-state index contributed by atoms with van der Waals surface area (Å²) in [7, 11) is 0. The summed E-state index contributed by atoms with van der Waals surface area (Å²) in [5.41, 5.74) is 0. The van der Waals surface area contributed by atoms with Gasteiger partial charge in [-0.3, -0.25) is 19.2 Å². The van der Waals surface area contributed by atoms with Crippen LogP contribution in [0.3, 0.4) is 0 Å². The Balaban J connectivity index is 1.43. The van der Waals surface area contributed by atoms with E-state index in [0.29, 0.717) is 19.3 Å². The second-order valence-electron chi connectivity index (χ2n) is 15.7. The summed E-state index contributed by atoms with van der Waals surface area (Å²) in [6.45, 7) is 7.68. The maximum Gasteiger partial charge on any atom is 0.309 e. The van der Waals surface area contributed by atoms with Crippen molar-refractivity contribution in [1.82, 2.24) is 4.90 Å². The maximum absolute atomic E-state index is 12.4. The standard InChI is InChI=1S/C43H77NO9/c1-3-5-9-16-36-20-24-38(25-21-36)42(48)52-34-32-50-40(46)18-11-7-13-28-44(30-15-31-45)29-14-8-12-19-41(47)51-33-35-53-43(49)39-26-22-37(23-27-39)17-10-6-4-2/h36-39,45H,3-35H2,1-2H3. The molecule has 0 aromatic heterocycles. The lowest BCUT2D eigenvalue weighted by atomic mass is 9.80. The lowest BCUT2D eigenvalue weighted by Gasteiger charge is -2.27. The molecule has 53 heavy (non-hydrogen) atoms. The van der Waals surface area contributed by atoms with E-state index in [9.17, 15) is 24.3 Å². The highest BCUT2D eigenvalue weighted by Crippen LogP contribution is 2.33. The predicted molar refractivity (Wildman–Crippen MR) is 208 cm³/mol. The topological polar surface area (TPSA) is 129 Å². The van der Waals surface area contributed by atoms with Gasteiger partial charge in [0.1, 0.15) is 26.4 Å². The number of carbonyl (C=O) groups excluding carboxylic acids is 4. The Morgan fingerprint density at radius 3 is 1.28 bits per heavy atom. The maximum atomic E-state index is 12.4. The molecule has 0 radical (unpaired) electrons. The lowest BCUT2D eigenvalue weighted by Crippen LogP contribution is -2.28. The largest absolute Gasteiger partial charge is 0.462 e. The number of nitrogens with zero attached hydrogens (tertiary/aromatic N) is 1. The van der Waals surface area contributed by atoms with Gasteiger partial charge in [0.05, 0.1) is 11.8 Å². The SMILES string of the molecule is CCCCCC1CCC(C(=O)OCCOC(=O)CCCCCN(CCCO)CCCCCC(=O)OCCOC(=O)C2CCC(CCCCC)CC2)CC1. The van der Waals surface area contributed by atoms with Crippen LogP contribution in [0, 0.1) is 23.7 Å². The molecule has 2 fully saturated rings. The van der Waals surface area contributed by atoms with Crippen molar-refractivity contribution in [1.29, 1.82) is 0 Å². The van der Waals surface area contributed by atoms with Crippen molar-refractivity contribution in [2.75, 3.05) is 52.7 Å². The highest BCUT2D eigenvalue weighted by atomic mass is 16.6. The second-order valence-corrected chi connectivity index (χ2v) is 15.7. The van der Waals surface area contributed by atoms with Crippen LogP contribution in [0.25, 0.3) is 0 Å². The van der Waals surface area contributed by atoms with E-state index in [0.717, 1.165) is 121 Å². The fourth-order valence-electron chi connectivity index (χ4n) is 7.91. The van der Waals surface area contributed by atoms with Crippen LogP contribution in [-0.2, 0) is 38.1 Å². The first kappa shape index (κ1) is 47.0. The molecule has 2 aliphatic carbocycles. The van der Waals surface area contributed by atoms with E-state index in [4.69, 9.17) is 18.9 Å². The molecule has 0 amide bonds. The Bertz CT molecular complexity index is 887. The normalized spacial score (nSPS) is 20.2. The minimum absolute atomic E-state index is 0.0107. The van der Waals surface area contributed by atoms with Crippen LogP contribution < -0.4 is 0 Å². The van der Waals surface area contributed by atoms with E-state index >= 15 is 0 Å². The number of aliphatic hydroxyl groups is 1. The molecule has 0 spiro atoms. The van der Waals surface area contributed by atoms with Gasteiger partial charge < -0.3 is 29.0 Å². The highest BCUT2D eigenvalue weighted by molar-refractivity contribution is 5.73. The summed E-state index contributed by atoms with van der Waals surface area (Å²) in [4.78, 5) is 51.5. The van der Waals surface area contributed by atoms with Gasteiger partial charge in [-0.15, -0.1) is 0 Å². The summed E-state index contributed by atoms with van der Waals surface area (Å²) in [6.07, 6.45) is 24.9. The Morgan fingerprint density at radius 2 is 0.887 bits per heavy atom. The van der Waals surface area contributed by atoms with Crippen LogP contribution in [0.5, 0.6) is 0 Å². The van der Waals surface area contributed by atoms with E-state index in [-0.39, 0.29) is 68.7 Å². The Kier molecular flexibility index (Phi) is 27.5. The van der Waals surface area contributed by atoms with Crippen LogP contribution in [0.15, 0.2) is 0 Å². The van der Waals surface area contributed by atoms with Crippen molar-refractivity contribution >= 4 is 23.9 Å². The fraction of sp³-hybridized carbons (Fsp3) is 0.907. The van der Waals surface area contributed by atoms with E-state index < -0.39 is 0 Å². The van der Waals surface area contributed by atoms with Crippen LogP contribution in [0.4, 0.5) is 0 Å². The van der Waals surface area contributed by atoms with Crippen LogP contribution in [0.2, 0.25) is 0 Å². The highest BCUT2D eigenvalue weighted by Gasteiger charge is 2.28. The van der Waals surface area contributed by atoms with Gasteiger partial charge in [0.25, 0.3) is 0 Å². The minimum Gasteiger partial charge on any atom is -0.462 e. The van der Waals surface area contributed by atoms with E-state index in [1.165, 1.54) is 51.4 Å². The van der Waals surface area contributed by atoms with Crippen molar-refractivity contribution in [2.24, 2.45) is 23.7 Å². The van der Waals surface area contributed by atoms with Gasteiger partial charge in [-0.1, -0.05) is 78.1 Å². The number of unbranched alkanes of at least 4 members (excludes halogenated alkanes) is 8. The van der Waals surface area contributed by atoms with Crippen LogP contribution in [-0.4, -0.2) is 86.6 Å². The second kappa shape index (κ2) is 31.1. The van der Waals surface area contributed by atoms with E-state index in [2.05, 4.69) is 18.7 Å². The third kappa shape index (κ3) is 23.4. The number of carbonyl (C=O) groups is 4. The zero-order valence-electron chi connectivity index (χ0n) is 33.8.